The van der Waals surface area contributed by atoms with Gasteiger partial charge in [-0.2, -0.15) is 0 Å². The highest BCUT2D eigenvalue weighted by atomic mass is 32.2. The van der Waals surface area contributed by atoms with Crippen molar-refractivity contribution in [3.8, 4) is 0 Å². The molecule has 0 aliphatic rings. The summed E-state index contributed by atoms with van der Waals surface area (Å²) in [5.41, 5.74) is 0.605. The quantitative estimate of drug-likeness (QED) is 0.860. The normalized spacial score (nSPS) is 11.6. The van der Waals surface area contributed by atoms with Crippen molar-refractivity contribution in [3.63, 3.8) is 0 Å². The molecule has 0 radical (unpaired) electrons. The lowest BCUT2D eigenvalue weighted by molar-refractivity contribution is 0.494. The molecule has 0 bridgehead atoms. The van der Waals surface area contributed by atoms with Crippen LogP contribution in [0.4, 0.5) is 5.95 Å². The molecular weight excluding hydrogens is 280 g/mol. The number of furan rings is 1. The lowest BCUT2D eigenvalue weighted by atomic mass is 10.2. The number of rotatable bonds is 5. The van der Waals surface area contributed by atoms with Crippen LogP contribution in [-0.2, 0) is 16.6 Å². The summed E-state index contributed by atoms with van der Waals surface area (Å²) >= 11 is 0. The van der Waals surface area contributed by atoms with E-state index in [9.17, 15) is 8.42 Å². The number of hydrogen-bond acceptors (Lipinski definition) is 6. The van der Waals surface area contributed by atoms with Gasteiger partial charge in [-0.05, 0) is 27.0 Å². The maximum absolute atomic E-state index is 12.5. The fourth-order valence-electron chi connectivity index (χ4n) is 1.97. The Morgan fingerprint density at radius 2 is 1.85 bits per heavy atom. The molecule has 2 heterocycles. The van der Waals surface area contributed by atoms with Crippen molar-refractivity contribution in [1.82, 2.24) is 15.3 Å². The van der Waals surface area contributed by atoms with E-state index in [-0.39, 0.29) is 10.8 Å². The first-order chi connectivity index (χ1) is 9.45. The summed E-state index contributed by atoms with van der Waals surface area (Å²) in [5, 5.41) is 2.93. The third-order valence-corrected chi connectivity index (χ3v) is 4.26. The fraction of sp³-hybridized carbons (Fsp3) is 0.333. The van der Waals surface area contributed by atoms with Crippen LogP contribution in [0.25, 0.3) is 0 Å². The third kappa shape index (κ3) is 2.81. The number of hydrogen-bond donors (Lipinski definition) is 2. The second-order valence-corrected chi connectivity index (χ2v) is 5.85. The van der Waals surface area contributed by atoms with Gasteiger partial charge in [0.1, 0.15) is 16.4 Å². The molecule has 0 aliphatic heterocycles. The maximum Gasteiger partial charge on any atom is 0.268 e. The molecule has 0 unspecified atom stereocenters. The van der Waals surface area contributed by atoms with Crippen molar-refractivity contribution in [2.45, 2.75) is 25.3 Å². The standard InChI is InChI=1S/C12H16N4O3S/c1-8-10(7-13-3)11(9(2)19-8)20(17,18)16-12-14-5-4-6-15-12/h4-6,13H,7H2,1-3H3,(H,14,15,16). The van der Waals surface area contributed by atoms with Gasteiger partial charge in [-0.3, -0.25) is 0 Å². The van der Waals surface area contributed by atoms with Gasteiger partial charge in [0.05, 0.1) is 0 Å². The number of aryl methyl sites for hydroxylation is 2. The van der Waals surface area contributed by atoms with E-state index in [4.69, 9.17) is 4.42 Å². The second-order valence-electron chi connectivity index (χ2n) is 4.23. The van der Waals surface area contributed by atoms with Gasteiger partial charge in [0, 0.05) is 24.5 Å². The summed E-state index contributed by atoms with van der Waals surface area (Å²) in [4.78, 5) is 7.84. The van der Waals surface area contributed by atoms with Crippen LogP contribution in [0, 0.1) is 13.8 Å². The van der Waals surface area contributed by atoms with E-state index in [1.807, 2.05) is 0 Å². The Morgan fingerprint density at radius 1 is 1.20 bits per heavy atom. The summed E-state index contributed by atoms with van der Waals surface area (Å²) in [7, 11) is -2.04. The molecule has 2 aromatic heterocycles. The van der Waals surface area contributed by atoms with E-state index in [0.29, 0.717) is 23.6 Å². The summed E-state index contributed by atoms with van der Waals surface area (Å²) < 4.78 is 32.7. The highest BCUT2D eigenvalue weighted by molar-refractivity contribution is 7.92. The van der Waals surface area contributed by atoms with Crippen LogP contribution in [0.1, 0.15) is 17.1 Å². The SMILES string of the molecule is CNCc1c(C)oc(C)c1S(=O)(=O)Nc1ncccn1. The largest absolute Gasteiger partial charge is 0.465 e. The molecule has 0 spiro atoms. The molecule has 0 saturated carbocycles. The first-order valence-corrected chi connectivity index (χ1v) is 7.47. The molecule has 0 aromatic carbocycles. The Balaban J connectivity index is 2.44. The van der Waals surface area contributed by atoms with Crippen LogP contribution in [0.15, 0.2) is 27.8 Å². The molecule has 2 aromatic rings. The fourth-order valence-corrected chi connectivity index (χ4v) is 3.37. The van der Waals surface area contributed by atoms with Crippen LogP contribution in [-0.4, -0.2) is 25.4 Å². The Morgan fingerprint density at radius 3 is 2.45 bits per heavy atom. The van der Waals surface area contributed by atoms with Crippen LogP contribution in [0.3, 0.4) is 0 Å². The Hall–Kier alpha value is -1.93. The molecule has 0 fully saturated rings. The van der Waals surface area contributed by atoms with Crippen molar-refractivity contribution < 1.29 is 12.8 Å². The average Bonchev–Trinajstić information content (AvgIpc) is 2.66. The van der Waals surface area contributed by atoms with E-state index in [0.717, 1.165) is 0 Å². The van der Waals surface area contributed by atoms with E-state index >= 15 is 0 Å². The molecule has 0 amide bonds. The average molecular weight is 296 g/mol. The van der Waals surface area contributed by atoms with Crippen molar-refractivity contribution in [2.75, 3.05) is 11.8 Å². The molecule has 20 heavy (non-hydrogen) atoms. The molecule has 2 N–H and O–H groups in total. The van der Waals surface area contributed by atoms with E-state index in [2.05, 4.69) is 20.0 Å². The van der Waals surface area contributed by atoms with Crippen LogP contribution < -0.4 is 10.0 Å². The number of aromatic nitrogens is 2. The van der Waals surface area contributed by atoms with Gasteiger partial charge in [-0.1, -0.05) is 0 Å². The topological polar surface area (TPSA) is 97.1 Å². The predicted octanol–water partition coefficient (Wildman–Crippen LogP) is 1.21. The smallest absolute Gasteiger partial charge is 0.268 e. The van der Waals surface area contributed by atoms with Crippen molar-refractivity contribution in [1.29, 1.82) is 0 Å². The van der Waals surface area contributed by atoms with Crippen molar-refractivity contribution in [2.24, 2.45) is 0 Å². The Kier molecular flexibility index (Phi) is 4.05. The molecule has 108 valence electrons. The summed E-state index contributed by atoms with van der Waals surface area (Å²) in [6.45, 7) is 3.75. The Labute approximate surface area is 117 Å². The van der Waals surface area contributed by atoms with Gasteiger partial charge < -0.3 is 9.73 Å². The minimum absolute atomic E-state index is 0.0289. The molecule has 0 aliphatic carbocycles. The van der Waals surface area contributed by atoms with Gasteiger partial charge in [0.2, 0.25) is 5.95 Å². The molecule has 0 saturated heterocycles. The van der Waals surface area contributed by atoms with Crippen LogP contribution >= 0.6 is 0 Å². The van der Waals surface area contributed by atoms with E-state index < -0.39 is 10.0 Å². The lowest BCUT2D eigenvalue weighted by Crippen LogP contribution is -2.18. The highest BCUT2D eigenvalue weighted by Crippen LogP contribution is 2.27. The van der Waals surface area contributed by atoms with Gasteiger partial charge in [0.15, 0.2) is 0 Å². The first-order valence-electron chi connectivity index (χ1n) is 5.99. The van der Waals surface area contributed by atoms with Gasteiger partial charge >= 0.3 is 0 Å². The second kappa shape index (κ2) is 5.59. The number of sulfonamides is 1. The third-order valence-electron chi connectivity index (χ3n) is 2.74. The highest BCUT2D eigenvalue weighted by Gasteiger charge is 2.27. The van der Waals surface area contributed by atoms with Gasteiger partial charge in [-0.15, -0.1) is 0 Å². The molecule has 8 heteroatoms. The summed E-state index contributed by atoms with van der Waals surface area (Å²) in [5.74, 6) is 0.948. The zero-order valence-corrected chi connectivity index (χ0v) is 12.3. The molecular formula is C12H16N4O3S. The Bertz CT molecular complexity index is 695. The van der Waals surface area contributed by atoms with Crippen LogP contribution in [0.5, 0.6) is 0 Å². The molecule has 2 rings (SSSR count). The van der Waals surface area contributed by atoms with Crippen molar-refractivity contribution >= 4 is 16.0 Å². The summed E-state index contributed by atoms with van der Waals surface area (Å²) in [6.07, 6.45) is 2.93. The summed E-state index contributed by atoms with van der Waals surface area (Å²) in [6, 6.07) is 1.61. The zero-order valence-electron chi connectivity index (χ0n) is 11.5. The van der Waals surface area contributed by atoms with E-state index in [1.165, 1.54) is 12.4 Å². The van der Waals surface area contributed by atoms with Gasteiger partial charge in [-0.25, -0.2) is 23.1 Å². The minimum Gasteiger partial charge on any atom is -0.465 e. The van der Waals surface area contributed by atoms with Crippen LogP contribution in [0.2, 0.25) is 0 Å². The van der Waals surface area contributed by atoms with E-state index in [1.54, 1.807) is 27.0 Å². The number of nitrogens with one attached hydrogen (secondary N) is 2. The minimum atomic E-state index is -3.78. The lowest BCUT2D eigenvalue weighted by Gasteiger charge is -2.07. The maximum atomic E-state index is 12.5. The first kappa shape index (κ1) is 14.5. The predicted molar refractivity (Wildman–Crippen MR) is 73.8 cm³/mol. The zero-order chi connectivity index (χ0) is 14.8. The van der Waals surface area contributed by atoms with Crippen molar-refractivity contribution in [3.05, 3.63) is 35.5 Å². The monoisotopic (exact) mass is 296 g/mol. The molecule has 0 atom stereocenters. The number of nitrogens with zero attached hydrogens (tertiary/aromatic N) is 2. The van der Waals surface area contributed by atoms with Gasteiger partial charge in [0.25, 0.3) is 10.0 Å². The molecule has 7 nitrogen and oxygen atoms in total. The number of anilines is 1.